The number of carboxylic acid groups (broad SMARTS) is 1. The minimum Gasteiger partial charge on any atom is -0.465 e. The van der Waals surface area contributed by atoms with E-state index in [-0.39, 0.29) is 28.7 Å². The SMILES string of the molecule is CC(C)(C)C1N(C(=O)O)CC12CN(C(=O)CCl)C2. The molecule has 2 saturated heterocycles. The highest BCUT2D eigenvalue weighted by molar-refractivity contribution is 6.27. The standard InChI is InChI=1S/C12H19ClN2O3/c1-11(2,3)9-12(7-15(9)10(17)18)5-14(6-12)8(16)4-13/h9H,4-7H2,1-3H3,(H,17,18). The minimum atomic E-state index is -0.873. The highest BCUT2D eigenvalue weighted by Crippen LogP contribution is 2.52. The summed E-state index contributed by atoms with van der Waals surface area (Å²) in [6.45, 7) is 7.91. The first kappa shape index (κ1) is 13.5. The molecule has 2 fully saturated rings. The summed E-state index contributed by atoms with van der Waals surface area (Å²) in [6.07, 6.45) is -0.873. The van der Waals surface area contributed by atoms with Crippen LogP contribution in [0.15, 0.2) is 0 Å². The average molecular weight is 275 g/mol. The van der Waals surface area contributed by atoms with Crippen LogP contribution in [-0.2, 0) is 4.79 Å². The number of alkyl halides is 1. The van der Waals surface area contributed by atoms with Crippen LogP contribution in [0.4, 0.5) is 4.79 Å². The van der Waals surface area contributed by atoms with Crippen LogP contribution < -0.4 is 0 Å². The van der Waals surface area contributed by atoms with Gasteiger partial charge >= 0.3 is 6.09 Å². The maximum Gasteiger partial charge on any atom is 0.407 e. The van der Waals surface area contributed by atoms with Crippen molar-refractivity contribution in [3.05, 3.63) is 0 Å². The Hall–Kier alpha value is -0.970. The second-order valence-corrected chi connectivity index (χ2v) is 6.69. The van der Waals surface area contributed by atoms with Crippen LogP contribution in [0.25, 0.3) is 0 Å². The third kappa shape index (κ3) is 1.85. The summed E-state index contributed by atoms with van der Waals surface area (Å²) >= 11 is 5.52. The van der Waals surface area contributed by atoms with Gasteiger partial charge in [0.15, 0.2) is 0 Å². The molecule has 1 N–H and O–H groups in total. The number of amides is 2. The monoisotopic (exact) mass is 274 g/mol. The maximum absolute atomic E-state index is 11.5. The molecule has 0 radical (unpaired) electrons. The van der Waals surface area contributed by atoms with Crippen LogP contribution in [0.1, 0.15) is 20.8 Å². The van der Waals surface area contributed by atoms with Gasteiger partial charge in [-0.2, -0.15) is 0 Å². The zero-order valence-electron chi connectivity index (χ0n) is 10.9. The van der Waals surface area contributed by atoms with Gasteiger partial charge in [0, 0.05) is 25.0 Å². The predicted molar refractivity (Wildman–Crippen MR) is 67.7 cm³/mol. The van der Waals surface area contributed by atoms with Crippen molar-refractivity contribution in [2.24, 2.45) is 10.8 Å². The molecular formula is C12H19ClN2O3. The van der Waals surface area contributed by atoms with Gasteiger partial charge in [0.2, 0.25) is 5.91 Å². The van der Waals surface area contributed by atoms with Gasteiger partial charge in [-0.1, -0.05) is 20.8 Å². The Labute approximate surface area is 112 Å². The summed E-state index contributed by atoms with van der Waals surface area (Å²) in [5.41, 5.74) is -0.175. The fourth-order valence-electron chi connectivity index (χ4n) is 3.55. The molecule has 1 atom stereocenters. The second-order valence-electron chi connectivity index (χ2n) is 6.42. The van der Waals surface area contributed by atoms with Gasteiger partial charge in [0.1, 0.15) is 5.88 Å². The van der Waals surface area contributed by atoms with Gasteiger partial charge in [0.05, 0.1) is 6.04 Å². The smallest absolute Gasteiger partial charge is 0.407 e. The molecule has 2 rings (SSSR count). The zero-order chi connectivity index (χ0) is 13.7. The molecule has 1 unspecified atom stereocenters. The van der Waals surface area contributed by atoms with E-state index < -0.39 is 6.09 Å². The van der Waals surface area contributed by atoms with Crippen molar-refractivity contribution in [1.82, 2.24) is 9.80 Å². The van der Waals surface area contributed by atoms with Crippen molar-refractivity contribution in [2.45, 2.75) is 26.8 Å². The molecule has 0 aromatic carbocycles. The molecular weight excluding hydrogens is 256 g/mol. The summed E-state index contributed by atoms with van der Waals surface area (Å²) in [7, 11) is 0. The minimum absolute atomic E-state index is 0.00108. The number of hydrogen-bond acceptors (Lipinski definition) is 2. The van der Waals surface area contributed by atoms with E-state index in [1.165, 1.54) is 4.90 Å². The van der Waals surface area contributed by atoms with Crippen LogP contribution in [0.5, 0.6) is 0 Å². The maximum atomic E-state index is 11.5. The topological polar surface area (TPSA) is 60.9 Å². The number of halogens is 1. The molecule has 6 heteroatoms. The van der Waals surface area contributed by atoms with Crippen LogP contribution >= 0.6 is 11.6 Å². The Morgan fingerprint density at radius 3 is 2.28 bits per heavy atom. The van der Waals surface area contributed by atoms with Crippen molar-refractivity contribution in [2.75, 3.05) is 25.5 Å². The van der Waals surface area contributed by atoms with E-state index in [9.17, 15) is 9.59 Å². The molecule has 5 nitrogen and oxygen atoms in total. The average Bonchev–Trinajstić information content (AvgIpc) is 2.09. The third-order valence-electron chi connectivity index (χ3n) is 3.92. The highest BCUT2D eigenvalue weighted by Gasteiger charge is 2.64. The van der Waals surface area contributed by atoms with Crippen molar-refractivity contribution in [1.29, 1.82) is 0 Å². The Morgan fingerprint density at radius 1 is 1.33 bits per heavy atom. The molecule has 2 aliphatic heterocycles. The molecule has 1 spiro atoms. The predicted octanol–water partition coefficient (Wildman–Crippen LogP) is 1.46. The van der Waals surface area contributed by atoms with E-state index in [1.807, 2.05) is 20.8 Å². The van der Waals surface area contributed by atoms with Gasteiger partial charge in [-0.15, -0.1) is 11.6 Å². The van der Waals surface area contributed by atoms with Crippen LogP contribution in [0.2, 0.25) is 0 Å². The lowest BCUT2D eigenvalue weighted by Gasteiger charge is -2.67. The van der Waals surface area contributed by atoms with Crippen LogP contribution in [0.3, 0.4) is 0 Å². The number of carbonyl (C=O) groups is 2. The third-order valence-corrected chi connectivity index (χ3v) is 4.15. The lowest BCUT2D eigenvalue weighted by Crippen LogP contribution is -2.81. The summed E-state index contributed by atoms with van der Waals surface area (Å²) in [5, 5.41) is 9.16. The van der Waals surface area contributed by atoms with Gasteiger partial charge < -0.3 is 14.9 Å². The lowest BCUT2D eigenvalue weighted by atomic mass is 9.58. The Morgan fingerprint density at radius 2 is 1.89 bits per heavy atom. The number of likely N-dealkylation sites (tertiary alicyclic amines) is 2. The molecule has 2 amide bonds. The van der Waals surface area contributed by atoms with E-state index >= 15 is 0 Å². The summed E-state index contributed by atoms with van der Waals surface area (Å²) in [6, 6.07) is -0.0260. The highest BCUT2D eigenvalue weighted by atomic mass is 35.5. The molecule has 0 bridgehead atoms. The molecule has 18 heavy (non-hydrogen) atoms. The van der Waals surface area contributed by atoms with E-state index in [2.05, 4.69) is 0 Å². The quantitative estimate of drug-likeness (QED) is 0.737. The van der Waals surface area contributed by atoms with Crippen molar-refractivity contribution < 1.29 is 14.7 Å². The fourth-order valence-corrected chi connectivity index (χ4v) is 3.72. The van der Waals surface area contributed by atoms with Crippen molar-refractivity contribution >= 4 is 23.6 Å². The number of nitrogens with zero attached hydrogens (tertiary/aromatic N) is 2. The van der Waals surface area contributed by atoms with Gasteiger partial charge in [-0.3, -0.25) is 4.79 Å². The molecule has 0 aliphatic carbocycles. The van der Waals surface area contributed by atoms with Crippen molar-refractivity contribution in [3.63, 3.8) is 0 Å². The van der Waals surface area contributed by atoms with Gasteiger partial charge in [-0.05, 0) is 5.41 Å². The molecule has 102 valence electrons. The fraction of sp³-hybridized carbons (Fsp3) is 0.833. The molecule has 0 aromatic heterocycles. The largest absolute Gasteiger partial charge is 0.465 e. The summed E-state index contributed by atoms with van der Waals surface area (Å²) in [4.78, 5) is 25.8. The van der Waals surface area contributed by atoms with Crippen LogP contribution in [0, 0.1) is 10.8 Å². The summed E-state index contributed by atoms with van der Waals surface area (Å²) < 4.78 is 0. The van der Waals surface area contributed by atoms with E-state index in [0.717, 1.165) is 0 Å². The van der Waals surface area contributed by atoms with Crippen molar-refractivity contribution in [3.8, 4) is 0 Å². The first-order chi connectivity index (χ1) is 8.21. The van der Waals surface area contributed by atoms with Gasteiger partial charge in [0.25, 0.3) is 0 Å². The Kier molecular flexibility index (Phi) is 3.00. The first-order valence-electron chi connectivity index (χ1n) is 6.04. The van der Waals surface area contributed by atoms with E-state index in [1.54, 1.807) is 4.90 Å². The summed E-state index contributed by atoms with van der Waals surface area (Å²) in [5.74, 6) is -0.0671. The first-order valence-corrected chi connectivity index (χ1v) is 6.58. The zero-order valence-corrected chi connectivity index (χ0v) is 11.7. The number of carbonyl (C=O) groups excluding carboxylic acids is 1. The number of rotatable bonds is 1. The Bertz CT molecular complexity index is 385. The molecule has 2 heterocycles. The lowest BCUT2D eigenvalue weighted by molar-refractivity contribution is -0.189. The van der Waals surface area contributed by atoms with E-state index in [0.29, 0.717) is 19.6 Å². The number of hydrogen-bond donors (Lipinski definition) is 1. The molecule has 2 aliphatic rings. The normalized spacial score (nSPS) is 25.7. The van der Waals surface area contributed by atoms with Gasteiger partial charge in [-0.25, -0.2) is 4.79 Å². The second kappa shape index (κ2) is 4.02. The molecule has 0 saturated carbocycles. The van der Waals surface area contributed by atoms with E-state index in [4.69, 9.17) is 16.7 Å². The van der Waals surface area contributed by atoms with Crippen LogP contribution in [-0.4, -0.2) is 58.5 Å². The molecule has 0 aromatic rings. The Balaban J connectivity index is 2.09.